The van der Waals surface area contributed by atoms with Crippen molar-refractivity contribution in [3.8, 4) is 11.1 Å². The minimum atomic E-state index is 0.296. The minimum absolute atomic E-state index is 0.296. The van der Waals surface area contributed by atoms with Crippen LogP contribution in [-0.4, -0.2) is 5.78 Å². The molecule has 0 bridgehead atoms. The lowest BCUT2D eigenvalue weighted by molar-refractivity contribution is 0.0994. The highest BCUT2D eigenvalue weighted by molar-refractivity contribution is 6.06. The lowest BCUT2D eigenvalue weighted by Crippen LogP contribution is -1.97. The van der Waals surface area contributed by atoms with Gasteiger partial charge in [0.1, 0.15) is 0 Å². The van der Waals surface area contributed by atoms with Crippen LogP contribution in [0, 0.1) is 6.92 Å². The van der Waals surface area contributed by atoms with Gasteiger partial charge >= 0.3 is 0 Å². The van der Waals surface area contributed by atoms with Gasteiger partial charge in [0, 0.05) is 12.0 Å². The molecule has 0 heterocycles. The minimum Gasteiger partial charge on any atom is -0.294 e. The molecule has 3 aromatic rings. The molecule has 3 aromatic carbocycles. The van der Waals surface area contributed by atoms with Gasteiger partial charge in [-0.1, -0.05) is 54.6 Å². The number of hydrogen-bond donors (Lipinski definition) is 0. The van der Waals surface area contributed by atoms with Crippen LogP contribution < -0.4 is 0 Å². The molecular weight excluding hydrogens is 256 g/mol. The van der Waals surface area contributed by atoms with Crippen LogP contribution in [0.15, 0.2) is 54.6 Å². The fourth-order valence-corrected chi connectivity index (χ4v) is 3.49. The van der Waals surface area contributed by atoms with Gasteiger partial charge in [-0.2, -0.15) is 0 Å². The van der Waals surface area contributed by atoms with Crippen LogP contribution in [0.25, 0.3) is 21.9 Å². The highest BCUT2D eigenvalue weighted by Gasteiger charge is 2.24. The molecule has 0 radical (unpaired) electrons. The highest BCUT2D eigenvalue weighted by Crippen LogP contribution is 2.37. The number of Topliss-reactive ketones (excluding diaryl/α,β-unsaturated/α-hetero) is 1. The number of carbonyl (C=O) groups excluding carboxylic acids is 1. The Kier molecular flexibility index (Phi) is 2.68. The average molecular weight is 272 g/mol. The van der Waals surface area contributed by atoms with Gasteiger partial charge < -0.3 is 0 Å². The van der Waals surface area contributed by atoms with Crippen molar-refractivity contribution in [3.63, 3.8) is 0 Å². The van der Waals surface area contributed by atoms with Gasteiger partial charge in [0.15, 0.2) is 5.78 Å². The molecule has 0 saturated heterocycles. The quantitative estimate of drug-likeness (QED) is 0.613. The predicted molar refractivity (Wildman–Crippen MR) is 86.8 cm³/mol. The smallest absolute Gasteiger partial charge is 0.163 e. The summed E-state index contributed by atoms with van der Waals surface area (Å²) in [6.45, 7) is 2.04. The SMILES string of the molecule is Cc1ccc(-c2cccc3ccccc23)c2c1C(=O)CC2. The second kappa shape index (κ2) is 4.56. The molecule has 0 spiro atoms. The van der Waals surface area contributed by atoms with E-state index in [1.54, 1.807) is 0 Å². The molecule has 102 valence electrons. The van der Waals surface area contributed by atoms with Crippen molar-refractivity contribution in [2.24, 2.45) is 0 Å². The molecule has 0 atom stereocenters. The summed E-state index contributed by atoms with van der Waals surface area (Å²) in [5.41, 5.74) is 5.76. The summed E-state index contributed by atoms with van der Waals surface area (Å²) >= 11 is 0. The fourth-order valence-electron chi connectivity index (χ4n) is 3.49. The largest absolute Gasteiger partial charge is 0.294 e. The molecule has 0 N–H and O–H groups in total. The first kappa shape index (κ1) is 12.3. The maximum absolute atomic E-state index is 12.1. The summed E-state index contributed by atoms with van der Waals surface area (Å²) in [5.74, 6) is 0.296. The molecule has 4 rings (SSSR count). The van der Waals surface area contributed by atoms with Crippen molar-refractivity contribution in [1.29, 1.82) is 0 Å². The van der Waals surface area contributed by atoms with Gasteiger partial charge in [-0.3, -0.25) is 4.79 Å². The van der Waals surface area contributed by atoms with Crippen LogP contribution in [0.5, 0.6) is 0 Å². The Hall–Kier alpha value is -2.41. The average Bonchev–Trinajstić information content (AvgIpc) is 2.90. The van der Waals surface area contributed by atoms with Crippen molar-refractivity contribution in [1.82, 2.24) is 0 Å². The first-order valence-electron chi connectivity index (χ1n) is 7.39. The molecule has 0 aromatic heterocycles. The Morgan fingerprint density at radius 3 is 2.52 bits per heavy atom. The van der Waals surface area contributed by atoms with E-state index in [0.29, 0.717) is 12.2 Å². The number of aryl methyl sites for hydroxylation is 1. The summed E-state index contributed by atoms with van der Waals surface area (Å²) in [5, 5.41) is 2.50. The maximum Gasteiger partial charge on any atom is 0.163 e. The van der Waals surface area contributed by atoms with Crippen LogP contribution in [0.1, 0.15) is 27.9 Å². The lowest BCUT2D eigenvalue weighted by Gasteiger charge is -2.12. The molecule has 0 unspecified atom stereocenters. The van der Waals surface area contributed by atoms with Crippen molar-refractivity contribution in [3.05, 3.63) is 71.3 Å². The van der Waals surface area contributed by atoms with E-state index in [1.807, 2.05) is 6.92 Å². The molecular formula is C20H16O. The van der Waals surface area contributed by atoms with E-state index in [2.05, 4.69) is 54.6 Å². The zero-order valence-corrected chi connectivity index (χ0v) is 12.0. The Morgan fingerprint density at radius 1 is 0.810 bits per heavy atom. The zero-order valence-electron chi connectivity index (χ0n) is 12.0. The number of carbonyl (C=O) groups is 1. The van der Waals surface area contributed by atoms with Crippen LogP contribution in [0.4, 0.5) is 0 Å². The Bertz CT molecular complexity index is 869. The molecule has 0 saturated carbocycles. The van der Waals surface area contributed by atoms with E-state index in [-0.39, 0.29) is 0 Å². The first-order chi connectivity index (χ1) is 10.3. The molecule has 21 heavy (non-hydrogen) atoms. The van der Waals surface area contributed by atoms with Crippen LogP contribution in [0.2, 0.25) is 0 Å². The van der Waals surface area contributed by atoms with Crippen LogP contribution >= 0.6 is 0 Å². The Labute approximate surface area is 124 Å². The molecule has 1 nitrogen and oxygen atoms in total. The molecule has 1 heteroatoms. The molecule has 0 fully saturated rings. The van der Waals surface area contributed by atoms with Gasteiger partial charge in [-0.25, -0.2) is 0 Å². The van der Waals surface area contributed by atoms with Gasteiger partial charge in [-0.05, 0) is 46.4 Å². The summed E-state index contributed by atoms with van der Waals surface area (Å²) < 4.78 is 0. The summed E-state index contributed by atoms with van der Waals surface area (Å²) in [7, 11) is 0. The Morgan fingerprint density at radius 2 is 1.62 bits per heavy atom. The van der Waals surface area contributed by atoms with Gasteiger partial charge in [-0.15, -0.1) is 0 Å². The summed E-state index contributed by atoms with van der Waals surface area (Å²) in [6, 6.07) is 19.1. The summed E-state index contributed by atoms with van der Waals surface area (Å²) in [4.78, 5) is 12.1. The molecule has 1 aliphatic rings. The molecule has 0 amide bonds. The Balaban J connectivity index is 2.05. The topological polar surface area (TPSA) is 17.1 Å². The van der Waals surface area contributed by atoms with Gasteiger partial charge in [0.25, 0.3) is 0 Å². The van der Waals surface area contributed by atoms with E-state index < -0.39 is 0 Å². The number of benzene rings is 3. The summed E-state index contributed by atoms with van der Waals surface area (Å²) in [6.07, 6.45) is 1.52. The lowest BCUT2D eigenvalue weighted by atomic mass is 9.91. The van der Waals surface area contributed by atoms with E-state index >= 15 is 0 Å². The zero-order chi connectivity index (χ0) is 14.4. The number of hydrogen-bond acceptors (Lipinski definition) is 1. The normalized spacial score (nSPS) is 13.7. The van der Waals surface area contributed by atoms with Gasteiger partial charge in [0.2, 0.25) is 0 Å². The van der Waals surface area contributed by atoms with Crippen molar-refractivity contribution < 1.29 is 4.79 Å². The highest BCUT2D eigenvalue weighted by atomic mass is 16.1. The second-order valence-corrected chi connectivity index (χ2v) is 5.73. The van der Waals surface area contributed by atoms with Crippen LogP contribution in [-0.2, 0) is 6.42 Å². The number of fused-ring (bicyclic) bond motifs is 2. The molecule has 0 aliphatic heterocycles. The number of rotatable bonds is 1. The third kappa shape index (κ3) is 1.81. The van der Waals surface area contributed by atoms with E-state index in [9.17, 15) is 4.79 Å². The van der Waals surface area contributed by atoms with Crippen molar-refractivity contribution in [2.75, 3.05) is 0 Å². The standard InChI is InChI=1S/C20H16O/c1-13-9-10-17(18-11-12-19(21)20(13)18)16-8-4-6-14-5-2-3-7-15(14)16/h2-10H,11-12H2,1H3. The van der Waals surface area contributed by atoms with E-state index in [0.717, 1.165) is 17.5 Å². The van der Waals surface area contributed by atoms with E-state index in [4.69, 9.17) is 0 Å². The first-order valence-corrected chi connectivity index (χ1v) is 7.39. The van der Waals surface area contributed by atoms with Crippen molar-refractivity contribution in [2.45, 2.75) is 19.8 Å². The predicted octanol–water partition coefficient (Wildman–Crippen LogP) is 4.94. The van der Waals surface area contributed by atoms with Gasteiger partial charge in [0.05, 0.1) is 0 Å². The number of ketones is 1. The fraction of sp³-hybridized carbons (Fsp3) is 0.150. The monoisotopic (exact) mass is 272 g/mol. The third-order valence-corrected chi connectivity index (χ3v) is 4.48. The van der Waals surface area contributed by atoms with Crippen LogP contribution in [0.3, 0.4) is 0 Å². The molecule has 1 aliphatic carbocycles. The third-order valence-electron chi connectivity index (χ3n) is 4.48. The van der Waals surface area contributed by atoms with E-state index in [1.165, 1.54) is 27.5 Å². The second-order valence-electron chi connectivity index (χ2n) is 5.73. The maximum atomic E-state index is 12.1. The van der Waals surface area contributed by atoms with Crippen molar-refractivity contribution >= 4 is 16.6 Å².